The number of nitrogens with zero attached hydrogens (tertiary/aromatic N) is 2. The largest absolute Gasteiger partial charge is 0.486 e. The number of H-pyrrole nitrogens is 1. The fourth-order valence-electron chi connectivity index (χ4n) is 4.99. The van der Waals surface area contributed by atoms with Gasteiger partial charge in [-0.15, -0.1) is 0 Å². The number of benzene rings is 1. The van der Waals surface area contributed by atoms with Crippen LogP contribution in [-0.2, 0) is 4.43 Å². The minimum atomic E-state index is -1.96. The van der Waals surface area contributed by atoms with Gasteiger partial charge in [0.25, 0.3) is 11.5 Å². The molecule has 1 aromatic heterocycles. The van der Waals surface area contributed by atoms with Crippen LogP contribution >= 0.6 is 0 Å². The summed E-state index contributed by atoms with van der Waals surface area (Å²) in [5.74, 6) is 0.632. The predicted molar refractivity (Wildman–Crippen MR) is 160 cm³/mol. The number of amides is 1. The van der Waals surface area contributed by atoms with Gasteiger partial charge in [0.15, 0.2) is 14.0 Å². The zero-order chi connectivity index (χ0) is 28.8. The number of aromatic nitrogens is 2. The number of rotatable bonds is 12. The van der Waals surface area contributed by atoms with E-state index in [0.29, 0.717) is 25.6 Å². The molecule has 2 aromatic rings. The van der Waals surface area contributed by atoms with Crippen LogP contribution in [0.15, 0.2) is 35.1 Å². The second-order valence-corrected chi connectivity index (χ2v) is 17.4. The van der Waals surface area contributed by atoms with Crippen LogP contribution in [0.25, 0.3) is 0 Å². The maximum absolute atomic E-state index is 14.0. The van der Waals surface area contributed by atoms with E-state index in [0.717, 1.165) is 32.1 Å². The summed E-state index contributed by atoms with van der Waals surface area (Å²) in [4.78, 5) is 37.1. The van der Waals surface area contributed by atoms with Crippen molar-refractivity contribution in [2.45, 2.75) is 110 Å². The van der Waals surface area contributed by atoms with Gasteiger partial charge < -0.3 is 19.0 Å². The Hall–Kier alpha value is -2.45. The lowest BCUT2D eigenvalue weighted by Crippen LogP contribution is -2.45. The number of ether oxygens (including phenoxy) is 1. The van der Waals surface area contributed by atoms with Gasteiger partial charge in [0.05, 0.1) is 13.2 Å². The maximum Gasteiger partial charge on any atom is 0.294 e. The van der Waals surface area contributed by atoms with Crippen LogP contribution in [0, 0.1) is 0 Å². The van der Waals surface area contributed by atoms with Crippen LogP contribution in [0.5, 0.6) is 5.75 Å². The Morgan fingerprint density at radius 1 is 1.13 bits per heavy atom. The van der Waals surface area contributed by atoms with Crippen LogP contribution in [0.4, 0.5) is 0 Å². The molecule has 0 unspecified atom stereocenters. The smallest absolute Gasteiger partial charge is 0.294 e. The molecule has 7 nitrogen and oxygen atoms in total. The summed E-state index contributed by atoms with van der Waals surface area (Å²) < 4.78 is 12.3. The number of aromatic amines is 1. The molecule has 1 N–H and O–H groups in total. The lowest BCUT2D eigenvalue weighted by molar-refractivity contribution is 0.0657. The average Bonchev–Trinajstić information content (AvgIpc) is 3.37. The Morgan fingerprint density at radius 2 is 1.79 bits per heavy atom. The van der Waals surface area contributed by atoms with E-state index in [1.807, 2.05) is 32.0 Å². The standard InChI is InChI=1S/C31H49N3O4Si/c1-9-10-20-37-27-26(30(36)34(22(2)3)19-21-38-39(7,8)31(4,5)6)32-28(33-29(27)35)25-18-14-17-24(25)23-15-12-11-13-16-23/h11-13,15-16,22,24-25H,9-10,14,17-21H2,1-8H3,(H,32,33,35)/t24-,25-/m1/s1. The number of unbranched alkanes of at least 4 members (excludes halogenated alkanes) is 1. The van der Waals surface area contributed by atoms with Gasteiger partial charge in [-0.25, -0.2) is 4.98 Å². The molecule has 1 aromatic carbocycles. The first-order chi connectivity index (χ1) is 18.4. The molecular formula is C31H49N3O4Si. The van der Waals surface area contributed by atoms with E-state index in [-0.39, 0.29) is 45.8 Å². The minimum Gasteiger partial charge on any atom is -0.486 e. The van der Waals surface area contributed by atoms with Gasteiger partial charge in [0.1, 0.15) is 5.82 Å². The Bertz CT molecular complexity index is 1140. The summed E-state index contributed by atoms with van der Waals surface area (Å²) in [6.07, 6.45) is 4.72. The molecule has 1 amide bonds. The van der Waals surface area contributed by atoms with Gasteiger partial charge in [0.2, 0.25) is 5.75 Å². The van der Waals surface area contributed by atoms with Crippen molar-refractivity contribution in [3.05, 3.63) is 57.8 Å². The van der Waals surface area contributed by atoms with E-state index in [4.69, 9.17) is 14.1 Å². The normalized spacial score (nSPS) is 18.0. The van der Waals surface area contributed by atoms with Crippen LogP contribution in [0.2, 0.25) is 18.1 Å². The average molecular weight is 556 g/mol. The molecular weight excluding hydrogens is 506 g/mol. The van der Waals surface area contributed by atoms with Crippen molar-refractivity contribution in [3.8, 4) is 5.75 Å². The fraction of sp³-hybridized carbons (Fsp3) is 0.645. The van der Waals surface area contributed by atoms with Gasteiger partial charge in [-0.3, -0.25) is 9.59 Å². The maximum atomic E-state index is 14.0. The third-order valence-electron chi connectivity index (χ3n) is 8.42. The molecule has 216 valence electrons. The highest BCUT2D eigenvalue weighted by molar-refractivity contribution is 6.74. The summed E-state index contributed by atoms with van der Waals surface area (Å²) in [5.41, 5.74) is 0.981. The molecule has 1 saturated carbocycles. The van der Waals surface area contributed by atoms with E-state index in [9.17, 15) is 9.59 Å². The van der Waals surface area contributed by atoms with Crippen LogP contribution in [-0.4, -0.2) is 54.9 Å². The molecule has 8 heteroatoms. The lowest BCUT2D eigenvalue weighted by Gasteiger charge is -2.37. The molecule has 1 fully saturated rings. The summed E-state index contributed by atoms with van der Waals surface area (Å²) in [5, 5.41) is 0.0830. The van der Waals surface area contributed by atoms with E-state index >= 15 is 0 Å². The number of nitrogens with one attached hydrogen (secondary N) is 1. The van der Waals surface area contributed by atoms with Crippen molar-refractivity contribution < 1.29 is 14.0 Å². The van der Waals surface area contributed by atoms with Crippen molar-refractivity contribution in [1.29, 1.82) is 0 Å². The first-order valence-electron chi connectivity index (χ1n) is 14.6. The predicted octanol–water partition coefficient (Wildman–Crippen LogP) is 6.87. The van der Waals surface area contributed by atoms with Gasteiger partial charge in [-0.2, -0.15) is 0 Å². The summed E-state index contributed by atoms with van der Waals surface area (Å²) in [7, 11) is -1.96. The number of hydrogen-bond acceptors (Lipinski definition) is 5. The summed E-state index contributed by atoms with van der Waals surface area (Å²) in [6.45, 7) is 18.3. The van der Waals surface area contributed by atoms with Crippen LogP contribution in [0.3, 0.4) is 0 Å². The summed E-state index contributed by atoms with van der Waals surface area (Å²) in [6, 6.07) is 10.3. The van der Waals surface area contributed by atoms with E-state index in [2.05, 4.69) is 57.9 Å². The number of carbonyl (C=O) groups excluding carboxylic acids is 1. The molecule has 1 aliphatic rings. The highest BCUT2D eigenvalue weighted by Gasteiger charge is 2.38. The third kappa shape index (κ3) is 7.60. The van der Waals surface area contributed by atoms with Gasteiger partial charge >= 0.3 is 0 Å². The van der Waals surface area contributed by atoms with E-state index < -0.39 is 8.32 Å². The Morgan fingerprint density at radius 3 is 2.41 bits per heavy atom. The number of carbonyl (C=O) groups is 1. The molecule has 0 aliphatic heterocycles. The zero-order valence-corrected chi connectivity index (χ0v) is 26.3. The lowest BCUT2D eigenvalue weighted by atomic mass is 9.88. The third-order valence-corrected chi connectivity index (χ3v) is 13.0. The Kier molecular flexibility index (Phi) is 10.6. The molecule has 0 saturated heterocycles. The Balaban J connectivity index is 1.95. The van der Waals surface area contributed by atoms with Crippen LogP contribution in [0.1, 0.15) is 107 Å². The monoisotopic (exact) mass is 555 g/mol. The van der Waals surface area contributed by atoms with Crippen molar-refractivity contribution >= 4 is 14.2 Å². The molecule has 0 spiro atoms. The highest BCUT2D eigenvalue weighted by Crippen LogP contribution is 2.44. The van der Waals surface area contributed by atoms with Crippen molar-refractivity contribution in [1.82, 2.24) is 14.9 Å². The molecule has 3 rings (SSSR count). The summed E-state index contributed by atoms with van der Waals surface area (Å²) >= 11 is 0. The molecule has 1 aliphatic carbocycles. The van der Waals surface area contributed by atoms with Crippen molar-refractivity contribution in [2.24, 2.45) is 0 Å². The van der Waals surface area contributed by atoms with Gasteiger partial charge in [-0.05, 0) is 62.7 Å². The Labute approximate surface area is 235 Å². The van der Waals surface area contributed by atoms with Gasteiger partial charge in [-0.1, -0.05) is 70.9 Å². The fourth-order valence-corrected chi connectivity index (χ4v) is 6.02. The van der Waals surface area contributed by atoms with Crippen molar-refractivity contribution in [3.63, 3.8) is 0 Å². The molecule has 39 heavy (non-hydrogen) atoms. The second-order valence-electron chi connectivity index (χ2n) is 12.6. The van der Waals surface area contributed by atoms with Crippen LogP contribution < -0.4 is 10.3 Å². The second kappa shape index (κ2) is 13.3. The highest BCUT2D eigenvalue weighted by atomic mass is 28.4. The molecule has 0 radical (unpaired) electrons. The number of hydrogen-bond donors (Lipinski definition) is 1. The van der Waals surface area contributed by atoms with E-state index in [1.165, 1.54) is 5.56 Å². The molecule has 1 heterocycles. The van der Waals surface area contributed by atoms with Crippen molar-refractivity contribution in [2.75, 3.05) is 19.8 Å². The zero-order valence-electron chi connectivity index (χ0n) is 25.3. The molecule has 0 bridgehead atoms. The topological polar surface area (TPSA) is 84.5 Å². The minimum absolute atomic E-state index is 0.0300. The van der Waals surface area contributed by atoms with Gasteiger partial charge in [0, 0.05) is 18.5 Å². The first-order valence-corrected chi connectivity index (χ1v) is 17.5. The SMILES string of the molecule is CCCCOc1c(C(=O)N(CCO[Si](C)(C)C(C)(C)C)C(C)C)nc([C@@H]2CCC[C@@H]2c2ccccc2)[nH]c1=O. The van der Waals surface area contributed by atoms with E-state index in [1.54, 1.807) is 4.90 Å². The quantitative estimate of drug-likeness (QED) is 0.228. The molecule has 2 atom stereocenters. The first kappa shape index (κ1) is 31.1.